The number of amides is 2. The summed E-state index contributed by atoms with van der Waals surface area (Å²) in [6, 6.07) is 7.78. The second kappa shape index (κ2) is 7.67. The SMILES string of the molecule is C=C(C)CC1(C)NC(=O)C(C(=O)Nc2ccc(C3CCCCC3)cc2)C1=O. The van der Waals surface area contributed by atoms with Crippen molar-refractivity contribution >= 4 is 23.3 Å². The van der Waals surface area contributed by atoms with Crippen molar-refractivity contribution in [3.63, 3.8) is 0 Å². The zero-order chi connectivity index (χ0) is 19.6. The summed E-state index contributed by atoms with van der Waals surface area (Å²) in [7, 11) is 0. The van der Waals surface area contributed by atoms with Crippen LogP contribution >= 0.6 is 0 Å². The lowest BCUT2D eigenvalue weighted by Gasteiger charge is -2.22. The maximum atomic E-state index is 12.7. The first kappa shape index (κ1) is 19.3. The van der Waals surface area contributed by atoms with Gasteiger partial charge in [-0.2, -0.15) is 0 Å². The predicted octanol–water partition coefficient (Wildman–Crippen LogP) is 3.71. The molecule has 0 radical (unpaired) electrons. The fourth-order valence-corrected chi connectivity index (χ4v) is 4.31. The van der Waals surface area contributed by atoms with E-state index in [2.05, 4.69) is 17.2 Å². The number of carbonyl (C=O) groups excluding carboxylic acids is 3. The van der Waals surface area contributed by atoms with Gasteiger partial charge in [0, 0.05) is 5.69 Å². The van der Waals surface area contributed by atoms with Crippen molar-refractivity contribution in [2.75, 3.05) is 5.32 Å². The third-order valence-electron chi connectivity index (χ3n) is 5.64. The van der Waals surface area contributed by atoms with Crippen LogP contribution < -0.4 is 10.6 Å². The van der Waals surface area contributed by atoms with Crippen LogP contribution in [0.5, 0.6) is 0 Å². The summed E-state index contributed by atoms with van der Waals surface area (Å²) in [4.78, 5) is 37.5. The molecule has 0 aromatic heterocycles. The number of Topliss-reactive ketones (excluding diaryl/α,β-unsaturated/α-hetero) is 1. The second-order valence-corrected chi connectivity index (χ2v) is 8.20. The summed E-state index contributed by atoms with van der Waals surface area (Å²) in [5.41, 5.74) is 1.62. The molecule has 5 heteroatoms. The summed E-state index contributed by atoms with van der Waals surface area (Å²) in [6.45, 7) is 7.25. The fourth-order valence-electron chi connectivity index (χ4n) is 4.31. The van der Waals surface area contributed by atoms with E-state index in [1.165, 1.54) is 37.7 Å². The van der Waals surface area contributed by atoms with Crippen LogP contribution in [0.15, 0.2) is 36.4 Å². The van der Waals surface area contributed by atoms with Crippen molar-refractivity contribution in [3.8, 4) is 0 Å². The van der Waals surface area contributed by atoms with E-state index in [1.54, 1.807) is 13.8 Å². The highest BCUT2D eigenvalue weighted by molar-refractivity contribution is 6.27. The zero-order valence-corrected chi connectivity index (χ0v) is 16.1. The molecule has 2 amide bonds. The number of hydrogen-bond acceptors (Lipinski definition) is 3. The van der Waals surface area contributed by atoms with E-state index in [-0.39, 0.29) is 0 Å². The summed E-state index contributed by atoms with van der Waals surface area (Å²) in [5.74, 6) is -2.24. The molecule has 2 aliphatic rings. The molecule has 1 saturated heterocycles. The maximum absolute atomic E-state index is 12.7. The number of rotatable bonds is 5. The van der Waals surface area contributed by atoms with Crippen LogP contribution in [0.4, 0.5) is 5.69 Å². The molecule has 1 aliphatic heterocycles. The fraction of sp³-hybridized carbons (Fsp3) is 0.500. The molecule has 0 bridgehead atoms. The highest BCUT2D eigenvalue weighted by Gasteiger charge is 2.52. The largest absolute Gasteiger partial charge is 0.342 e. The Hall–Kier alpha value is -2.43. The Morgan fingerprint density at radius 1 is 1.19 bits per heavy atom. The molecule has 27 heavy (non-hydrogen) atoms. The van der Waals surface area contributed by atoms with Gasteiger partial charge < -0.3 is 10.6 Å². The Morgan fingerprint density at radius 3 is 2.41 bits per heavy atom. The van der Waals surface area contributed by atoms with E-state index in [9.17, 15) is 14.4 Å². The number of benzene rings is 1. The second-order valence-electron chi connectivity index (χ2n) is 8.20. The molecule has 2 N–H and O–H groups in total. The first-order chi connectivity index (χ1) is 12.8. The van der Waals surface area contributed by atoms with Crippen LogP contribution in [0, 0.1) is 5.92 Å². The third kappa shape index (κ3) is 4.12. The van der Waals surface area contributed by atoms with Crippen molar-refractivity contribution in [3.05, 3.63) is 42.0 Å². The number of hydrogen-bond donors (Lipinski definition) is 2. The van der Waals surface area contributed by atoms with Crippen LogP contribution in [0.2, 0.25) is 0 Å². The van der Waals surface area contributed by atoms with Crippen molar-refractivity contribution in [2.45, 2.75) is 63.8 Å². The lowest BCUT2D eigenvalue weighted by Crippen LogP contribution is -2.43. The zero-order valence-electron chi connectivity index (χ0n) is 16.1. The molecular formula is C22H28N2O3. The van der Waals surface area contributed by atoms with Crippen LogP contribution in [0.25, 0.3) is 0 Å². The molecule has 5 nitrogen and oxygen atoms in total. The smallest absolute Gasteiger partial charge is 0.244 e. The minimum atomic E-state index is -1.31. The molecule has 1 heterocycles. The monoisotopic (exact) mass is 368 g/mol. The summed E-state index contributed by atoms with van der Waals surface area (Å²) in [5, 5.41) is 5.39. The summed E-state index contributed by atoms with van der Waals surface area (Å²) >= 11 is 0. The van der Waals surface area contributed by atoms with Crippen molar-refractivity contribution < 1.29 is 14.4 Å². The molecule has 3 rings (SSSR count). The van der Waals surface area contributed by atoms with E-state index < -0.39 is 29.1 Å². The van der Waals surface area contributed by atoms with Gasteiger partial charge in [0.25, 0.3) is 0 Å². The number of anilines is 1. The quantitative estimate of drug-likeness (QED) is 0.614. The average molecular weight is 368 g/mol. The molecule has 0 spiro atoms. The van der Waals surface area contributed by atoms with E-state index in [1.807, 2.05) is 24.3 Å². The molecular weight excluding hydrogens is 340 g/mol. The topological polar surface area (TPSA) is 75.3 Å². The van der Waals surface area contributed by atoms with Crippen LogP contribution in [0.3, 0.4) is 0 Å². The van der Waals surface area contributed by atoms with E-state index >= 15 is 0 Å². The van der Waals surface area contributed by atoms with Gasteiger partial charge in [-0.3, -0.25) is 14.4 Å². The van der Waals surface area contributed by atoms with Gasteiger partial charge in [0.2, 0.25) is 11.8 Å². The normalized spacial score (nSPS) is 25.9. The Morgan fingerprint density at radius 2 is 1.81 bits per heavy atom. The molecule has 2 fully saturated rings. The van der Waals surface area contributed by atoms with E-state index in [0.29, 0.717) is 18.0 Å². The van der Waals surface area contributed by atoms with Crippen LogP contribution in [-0.2, 0) is 14.4 Å². The molecule has 1 aromatic rings. The van der Waals surface area contributed by atoms with Gasteiger partial charge in [-0.1, -0.05) is 37.0 Å². The number of ketones is 1. The van der Waals surface area contributed by atoms with E-state index in [4.69, 9.17) is 0 Å². The van der Waals surface area contributed by atoms with Crippen molar-refractivity contribution in [1.82, 2.24) is 5.32 Å². The number of carbonyl (C=O) groups is 3. The van der Waals surface area contributed by atoms with E-state index in [0.717, 1.165) is 5.57 Å². The Bertz CT molecular complexity index is 762. The molecule has 1 aromatic carbocycles. The highest BCUT2D eigenvalue weighted by Crippen LogP contribution is 2.33. The first-order valence-electron chi connectivity index (χ1n) is 9.72. The van der Waals surface area contributed by atoms with Crippen molar-refractivity contribution in [1.29, 1.82) is 0 Å². The molecule has 2 unspecified atom stereocenters. The Kier molecular flexibility index (Phi) is 5.49. The van der Waals surface area contributed by atoms with Gasteiger partial charge in [-0.15, -0.1) is 6.58 Å². The minimum Gasteiger partial charge on any atom is -0.342 e. The molecule has 1 saturated carbocycles. The maximum Gasteiger partial charge on any atom is 0.244 e. The molecule has 2 atom stereocenters. The molecule has 144 valence electrons. The Balaban J connectivity index is 1.67. The lowest BCUT2D eigenvalue weighted by atomic mass is 9.84. The number of nitrogens with one attached hydrogen (secondary N) is 2. The van der Waals surface area contributed by atoms with Crippen LogP contribution in [-0.4, -0.2) is 23.1 Å². The van der Waals surface area contributed by atoms with Gasteiger partial charge in [0.15, 0.2) is 11.7 Å². The minimum absolute atomic E-state index is 0.331. The van der Waals surface area contributed by atoms with Crippen molar-refractivity contribution in [2.24, 2.45) is 5.92 Å². The summed E-state index contributed by atoms with van der Waals surface area (Å²) < 4.78 is 0. The van der Waals surface area contributed by atoms with Gasteiger partial charge in [0.05, 0.1) is 0 Å². The predicted molar refractivity (Wildman–Crippen MR) is 105 cm³/mol. The summed E-state index contributed by atoms with van der Waals surface area (Å²) in [6.07, 6.45) is 6.60. The highest BCUT2D eigenvalue weighted by atomic mass is 16.2. The lowest BCUT2D eigenvalue weighted by molar-refractivity contribution is -0.135. The van der Waals surface area contributed by atoms with Gasteiger partial charge in [-0.05, 0) is 56.7 Å². The van der Waals surface area contributed by atoms with Crippen LogP contribution in [0.1, 0.15) is 63.9 Å². The average Bonchev–Trinajstić information content (AvgIpc) is 2.84. The Labute approximate surface area is 160 Å². The van der Waals surface area contributed by atoms with Gasteiger partial charge >= 0.3 is 0 Å². The molecule has 1 aliphatic carbocycles. The third-order valence-corrected chi connectivity index (χ3v) is 5.64. The standard InChI is InChI=1S/C22H28N2O3/c1-14(2)13-22(3)19(25)18(21(27)24-22)20(26)23-17-11-9-16(10-12-17)15-7-5-4-6-8-15/h9-12,15,18H,1,4-8,13H2,2-3H3,(H,23,26)(H,24,27). The van der Waals surface area contributed by atoms with Gasteiger partial charge in [0.1, 0.15) is 5.54 Å². The first-order valence-corrected chi connectivity index (χ1v) is 9.72. The van der Waals surface area contributed by atoms with Gasteiger partial charge in [-0.25, -0.2) is 0 Å².